The van der Waals surface area contributed by atoms with Crippen LogP contribution < -0.4 is 5.32 Å². The van der Waals surface area contributed by atoms with Gasteiger partial charge in [-0.15, -0.1) is 11.3 Å². The first-order valence-corrected chi connectivity index (χ1v) is 11.1. The summed E-state index contributed by atoms with van der Waals surface area (Å²) in [6.07, 6.45) is 2.55. The third-order valence-corrected chi connectivity index (χ3v) is 5.74. The molecule has 2 aromatic heterocycles. The summed E-state index contributed by atoms with van der Waals surface area (Å²) in [6, 6.07) is 10.4. The molecule has 0 aliphatic rings. The smallest absolute Gasteiger partial charge is 0.158 e. The minimum atomic E-state index is -0.796. The molecular formula is C19H23N3O2S2. The molecule has 0 aliphatic carbocycles. The van der Waals surface area contributed by atoms with Crippen molar-refractivity contribution in [3.8, 4) is 11.1 Å². The lowest BCUT2D eigenvalue weighted by Gasteiger charge is -2.16. The fourth-order valence-corrected chi connectivity index (χ4v) is 4.41. The van der Waals surface area contributed by atoms with Gasteiger partial charge in [0.2, 0.25) is 0 Å². The predicted molar refractivity (Wildman–Crippen MR) is 110 cm³/mol. The Morgan fingerprint density at radius 1 is 1.27 bits per heavy atom. The van der Waals surface area contributed by atoms with Crippen LogP contribution in [-0.2, 0) is 22.1 Å². The molecule has 138 valence electrons. The number of aromatic nitrogens is 2. The van der Waals surface area contributed by atoms with Crippen LogP contribution in [0.25, 0.3) is 21.3 Å². The lowest BCUT2D eigenvalue weighted by Crippen LogP contribution is -2.19. The lowest BCUT2D eigenvalue weighted by atomic mass is 10.1. The van der Waals surface area contributed by atoms with E-state index in [2.05, 4.69) is 34.7 Å². The van der Waals surface area contributed by atoms with Crippen LogP contribution in [0.1, 0.15) is 19.2 Å². The van der Waals surface area contributed by atoms with E-state index in [1.165, 1.54) is 0 Å². The Labute approximate surface area is 160 Å². The molecule has 7 heteroatoms. The molecule has 2 heterocycles. The third kappa shape index (κ3) is 4.47. The Bertz CT molecular complexity index is 896. The molecule has 0 saturated heterocycles. The van der Waals surface area contributed by atoms with E-state index in [-0.39, 0.29) is 6.04 Å². The molecule has 1 N–H and O–H groups in total. The highest BCUT2D eigenvalue weighted by molar-refractivity contribution is 7.84. The van der Waals surface area contributed by atoms with Gasteiger partial charge >= 0.3 is 0 Å². The summed E-state index contributed by atoms with van der Waals surface area (Å²) < 4.78 is 16.6. The van der Waals surface area contributed by atoms with Gasteiger partial charge in [0.05, 0.1) is 5.39 Å². The van der Waals surface area contributed by atoms with Gasteiger partial charge < -0.3 is 10.1 Å². The molecule has 0 amide bonds. The number of nitrogens with zero attached hydrogens (tertiary/aromatic N) is 2. The summed E-state index contributed by atoms with van der Waals surface area (Å²) in [5, 5.41) is 6.66. The Morgan fingerprint density at radius 3 is 2.73 bits per heavy atom. The molecule has 0 bridgehead atoms. The maximum atomic E-state index is 11.4. The zero-order valence-corrected chi connectivity index (χ0v) is 16.8. The minimum Gasteiger partial charge on any atom is -0.377 e. The zero-order valence-electron chi connectivity index (χ0n) is 15.2. The van der Waals surface area contributed by atoms with Crippen molar-refractivity contribution < 1.29 is 8.95 Å². The highest BCUT2D eigenvalue weighted by Crippen LogP contribution is 2.37. The van der Waals surface area contributed by atoms with Crippen LogP contribution in [0.4, 0.5) is 5.82 Å². The maximum Gasteiger partial charge on any atom is 0.158 e. The van der Waals surface area contributed by atoms with Crippen molar-refractivity contribution >= 4 is 38.2 Å². The van der Waals surface area contributed by atoms with Crippen LogP contribution in [0.15, 0.2) is 35.7 Å². The number of ether oxygens (including phenoxy) is 1. The Kier molecular flexibility index (Phi) is 6.34. The number of hydrogen-bond donors (Lipinski definition) is 1. The van der Waals surface area contributed by atoms with Gasteiger partial charge in [-0.25, -0.2) is 9.97 Å². The van der Waals surface area contributed by atoms with E-state index in [1.54, 1.807) is 24.7 Å². The van der Waals surface area contributed by atoms with E-state index >= 15 is 0 Å². The van der Waals surface area contributed by atoms with Crippen molar-refractivity contribution in [3.63, 3.8) is 0 Å². The predicted octanol–water partition coefficient (Wildman–Crippen LogP) is 4.07. The summed E-state index contributed by atoms with van der Waals surface area (Å²) in [5.74, 6) is 2.15. The lowest BCUT2D eigenvalue weighted by molar-refractivity contribution is 0.178. The molecule has 0 saturated carbocycles. The number of rotatable bonds is 8. The van der Waals surface area contributed by atoms with Crippen molar-refractivity contribution in [2.75, 3.05) is 24.4 Å². The fourth-order valence-electron chi connectivity index (χ4n) is 2.76. The summed E-state index contributed by atoms with van der Waals surface area (Å²) in [4.78, 5) is 10.3. The summed E-state index contributed by atoms with van der Waals surface area (Å²) in [7, 11) is 0.847. The largest absolute Gasteiger partial charge is 0.377 e. The molecule has 1 aromatic carbocycles. The maximum absolute atomic E-state index is 11.4. The van der Waals surface area contributed by atoms with Gasteiger partial charge in [-0.05, 0) is 18.9 Å². The van der Waals surface area contributed by atoms with Gasteiger partial charge in [0.1, 0.15) is 17.3 Å². The second-order valence-corrected chi connectivity index (χ2v) is 8.64. The highest BCUT2D eigenvalue weighted by Gasteiger charge is 2.17. The van der Waals surface area contributed by atoms with Crippen molar-refractivity contribution in [1.29, 1.82) is 0 Å². The summed E-state index contributed by atoms with van der Waals surface area (Å²) in [5.41, 5.74) is 2.27. The van der Waals surface area contributed by atoms with Crippen molar-refractivity contribution in [2.24, 2.45) is 0 Å². The van der Waals surface area contributed by atoms with Crippen molar-refractivity contribution in [2.45, 2.75) is 26.0 Å². The Hall–Kier alpha value is -1.83. The van der Waals surface area contributed by atoms with Gasteiger partial charge in [0.15, 0.2) is 5.82 Å². The number of benzene rings is 1. The quantitative estimate of drug-likeness (QED) is 0.629. The molecule has 0 aliphatic heterocycles. The average Bonchev–Trinajstić information content (AvgIpc) is 3.05. The minimum absolute atomic E-state index is 0.163. The van der Waals surface area contributed by atoms with Crippen molar-refractivity contribution in [1.82, 2.24) is 9.97 Å². The van der Waals surface area contributed by atoms with Gasteiger partial charge in [-0.2, -0.15) is 0 Å². The Morgan fingerprint density at radius 2 is 2.04 bits per heavy atom. The number of hydrogen-bond acceptors (Lipinski definition) is 6. The van der Waals surface area contributed by atoms with Crippen LogP contribution >= 0.6 is 11.3 Å². The van der Waals surface area contributed by atoms with Crippen molar-refractivity contribution in [3.05, 3.63) is 41.5 Å². The average molecular weight is 390 g/mol. The standard InChI is InChI=1S/C19H23N3O2S2/c1-13(9-10-26(3)23)20-18-17-15(14-7-5-4-6-8-14)12-25-19(17)22-16(21-18)11-24-2/h4-8,12-13H,9-11H2,1-3H3,(H,20,21,22)/t13-,26+/m1/s1. The van der Waals surface area contributed by atoms with E-state index in [1.807, 2.05) is 18.2 Å². The summed E-state index contributed by atoms with van der Waals surface area (Å²) in [6.45, 7) is 2.46. The number of methoxy groups -OCH3 is 1. The number of thiophene rings is 1. The number of fused-ring (bicyclic) bond motifs is 1. The van der Waals surface area contributed by atoms with E-state index < -0.39 is 10.8 Å². The van der Waals surface area contributed by atoms with Crippen LogP contribution in [-0.4, -0.2) is 39.3 Å². The SMILES string of the molecule is COCc1nc(N[C@H](C)CC[S@](C)=O)c2c(-c3ccccc3)csc2n1. The molecule has 0 radical (unpaired) electrons. The van der Waals surface area contributed by atoms with Crippen LogP contribution in [0.3, 0.4) is 0 Å². The first kappa shape index (κ1) is 18.9. The van der Waals surface area contributed by atoms with E-state index in [0.717, 1.165) is 33.6 Å². The third-order valence-electron chi connectivity index (χ3n) is 4.06. The number of nitrogens with one attached hydrogen (secondary N) is 1. The van der Waals surface area contributed by atoms with Crippen LogP contribution in [0, 0.1) is 0 Å². The molecule has 3 aromatic rings. The normalized spacial score (nSPS) is 13.7. The van der Waals surface area contributed by atoms with E-state index in [4.69, 9.17) is 9.72 Å². The molecule has 2 atom stereocenters. The molecule has 0 fully saturated rings. The number of anilines is 1. The first-order valence-electron chi connectivity index (χ1n) is 8.47. The zero-order chi connectivity index (χ0) is 18.5. The monoisotopic (exact) mass is 389 g/mol. The van der Waals surface area contributed by atoms with Crippen LogP contribution in [0.5, 0.6) is 0 Å². The van der Waals surface area contributed by atoms with Crippen LogP contribution in [0.2, 0.25) is 0 Å². The van der Waals surface area contributed by atoms with Gasteiger partial charge in [-0.1, -0.05) is 30.3 Å². The summed E-state index contributed by atoms with van der Waals surface area (Å²) >= 11 is 1.61. The molecule has 3 rings (SSSR count). The molecular weight excluding hydrogens is 366 g/mol. The topological polar surface area (TPSA) is 64.1 Å². The fraction of sp³-hybridized carbons (Fsp3) is 0.368. The van der Waals surface area contributed by atoms with E-state index in [0.29, 0.717) is 18.2 Å². The second kappa shape index (κ2) is 8.70. The molecule has 0 unspecified atom stereocenters. The molecule has 26 heavy (non-hydrogen) atoms. The highest BCUT2D eigenvalue weighted by atomic mass is 32.2. The molecule has 0 spiro atoms. The Balaban J connectivity index is 2.02. The van der Waals surface area contributed by atoms with Gasteiger partial charge in [-0.3, -0.25) is 4.21 Å². The second-order valence-electron chi connectivity index (χ2n) is 6.23. The first-order chi connectivity index (χ1) is 12.6. The van der Waals surface area contributed by atoms with E-state index in [9.17, 15) is 4.21 Å². The van der Waals surface area contributed by atoms with Gasteiger partial charge in [0, 0.05) is 46.9 Å². The molecule has 5 nitrogen and oxygen atoms in total. The van der Waals surface area contributed by atoms with Gasteiger partial charge in [0.25, 0.3) is 0 Å².